The van der Waals surface area contributed by atoms with Gasteiger partial charge >= 0.3 is 5.97 Å². The van der Waals surface area contributed by atoms with Gasteiger partial charge < -0.3 is 15.2 Å². The number of carboxylic acids is 1. The lowest BCUT2D eigenvalue weighted by Crippen LogP contribution is -2.31. The van der Waals surface area contributed by atoms with Crippen LogP contribution >= 0.6 is 0 Å². The Kier molecular flexibility index (Phi) is 18.7. The van der Waals surface area contributed by atoms with Crippen molar-refractivity contribution in [3.8, 4) is 0 Å². The van der Waals surface area contributed by atoms with E-state index in [-0.39, 0.29) is 12.5 Å². The van der Waals surface area contributed by atoms with E-state index < -0.39 is 5.97 Å². The van der Waals surface area contributed by atoms with Gasteiger partial charge in [-0.1, -0.05) is 90.4 Å². The maximum absolute atomic E-state index is 10.8. The van der Waals surface area contributed by atoms with Crippen LogP contribution in [-0.4, -0.2) is 29.9 Å². The van der Waals surface area contributed by atoms with Gasteiger partial charge in [-0.25, -0.2) is 0 Å². The van der Waals surface area contributed by atoms with Gasteiger partial charge in [0.05, 0.1) is 6.04 Å². The fraction of sp³-hybridized carbons (Fsp3) is 0.905. The molecular weight excluding hydrogens is 314 g/mol. The quantitative estimate of drug-likeness (QED) is 0.224. The molecule has 0 amide bonds. The number of hydrogen-bond donors (Lipinski definition) is 2. The fourth-order valence-corrected chi connectivity index (χ4v) is 3.10. The normalized spacial score (nSPS) is 12.2. The summed E-state index contributed by atoms with van der Waals surface area (Å²) in [5.74, 6) is -0.842. The number of carbonyl (C=O) groups is 2. The smallest absolute Gasteiger partial charge is 0.303 e. The Bertz CT molecular complexity index is 308. The number of rotatable bonds is 20. The molecule has 148 valence electrons. The molecule has 0 saturated heterocycles. The van der Waals surface area contributed by atoms with Crippen LogP contribution in [0.3, 0.4) is 0 Å². The third-order valence-electron chi connectivity index (χ3n) is 4.77. The number of nitrogens with one attached hydrogen (secondary N) is 1. The van der Waals surface area contributed by atoms with E-state index in [0.717, 1.165) is 19.3 Å². The van der Waals surface area contributed by atoms with Crippen LogP contribution in [0.1, 0.15) is 110 Å². The third-order valence-corrected chi connectivity index (χ3v) is 4.77. The largest absolute Gasteiger partial charge is 0.481 e. The molecule has 4 nitrogen and oxygen atoms in total. The third kappa shape index (κ3) is 19.3. The highest BCUT2D eigenvalue weighted by molar-refractivity contribution is 5.68. The monoisotopic (exact) mass is 355 g/mol. The molecule has 0 aromatic rings. The molecular formula is C21H41NO3. The minimum Gasteiger partial charge on any atom is -0.481 e. The van der Waals surface area contributed by atoms with Crippen LogP contribution in [0.2, 0.25) is 0 Å². The average Bonchev–Trinajstić information content (AvgIpc) is 2.60. The fourth-order valence-electron chi connectivity index (χ4n) is 3.10. The van der Waals surface area contributed by atoms with E-state index in [0.29, 0.717) is 6.42 Å². The summed E-state index contributed by atoms with van der Waals surface area (Å²) < 4.78 is 0. The second kappa shape index (κ2) is 19.4. The summed E-state index contributed by atoms with van der Waals surface area (Å²) in [5.41, 5.74) is 0. The van der Waals surface area contributed by atoms with E-state index in [9.17, 15) is 9.59 Å². The van der Waals surface area contributed by atoms with Crippen molar-refractivity contribution in [2.24, 2.45) is 0 Å². The van der Waals surface area contributed by atoms with Gasteiger partial charge in [-0.3, -0.25) is 4.79 Å². The van der Waals surface area contributed by atoms with Gasteiger partial charge in [-0.2, -0.15) is 0 Å². The average molecular weight is 356 g/mol. The summed E-state index contributed by atoms with van der Waals surface area (Å²) in [6.45, 7) is 3.07. The van der Waals surface area contributed by atoms with Crippen molar-refractivity contribution in [1.29, 1.82) is 0 Å². The molecule has 0 aliphatic carbocycles. The predicted molar refractivity (Wildman–Crippen MR) is 105 cm³/mol. The second-order valence-electron chi connectivity index (χ2n) is 7.23. The summed E-state index contributed by atoms with van der Waals surface area (Å²) >= 11 is 0. The van der Waals surface area contributed by atoms with E-state index in [1.165, 1.54) is 83.5 Å². The van der Waals surface area contributed by atoms with Crippen LogP contribution in [0.4, 0.5) is 0 Å². The first kappa shape index (κ1) is 24.1. The van der Waals surface area contributed by atoms with E-state index in [2.05, 4.69) is 12.2 Å². The molecule has 2 N–H and O–H groups in total. The summed E-state index contributed by atoms with van der Waals surface area (Å²) in [4.78, 5) is 21.3. The molecule has 0 spiro atoms. The van der Waals surface area contributed by atoms with E-state index in [1.807, 2.05) is 0 Å². The standard InChI is InChI=1S/C21H41NO3/c1-2-3-4-5-6-7-8-9-10-11-12-13-14-15-18-22-20(19-23)16-17-21(24)25/h19-20,22H,2-18H2,1H3,(H,24,25). The first-order valence-corrected chi connectivity index (χ1v) is 10.6. The summed E-state index contributed by atoms with van der Waals surface area (Å²) in [5, 5.41) is 11.8. The highest BCUT2D eigenvalue weighted by atomic mass is 16.4. The van der Waals surface area contributed by atoms with E-state index in [4.69, 9.17) is 5.11 Å². The minimum atomic E-state index is -0.842. The Morgan fingerprint density at radius 3 is 1.68 bits per heavy atom. The van der Waals surface area contributed by atoms with Crippen LogP contribution in [0.25, 0.3) is 0 Å². The van der Waals surface area contributed by atoms with Crippen LogP contribution in [-0.2, 0) is 9.59 Å². The van der Waals surface area contributed by atoms with Crippen molar-refractivity contribution in [2.75, 3.05) is 6.54 Å². The summed E-state index contributed by atoms with van der Waals surface area (Å²) in [6.07, 6.45) is 20.0. The number of unbranched alkanes of at least 4 members (excludes halogenated alkanes) is 13. The lowest BCUT2D eigenvalue weighted by atomic mass is 10.0. The minimum absolute atomic E-state index is 0.0507. The van der Waals surface area contributed by atoms with Crippen molar-refractivity contribution in [1.82, 2.24) is 5.32 Å². The summed E-state index contributed by atoms with van der Waals surface area (Å²) in [7, 11) is 0. The Labute approximate surface area is 155 Å². The molecule has 0 aliphatic rings. The zero-order valence-electron chi connectivity index (χ0n) is 16.4. The molecule has 0 heterocycles. The molecule has 0 rings (SSSR count). The Balaban J connectivity index is 3.20. The zero-order chi connectivity index (χ0) is 18.6. The SMILES string of the molecule is CCCCCCCCCCCCCCCCNC(C=O)CCC(=O)O. The van der Waals surface area contributed by atoms with Gasteiger partial charge in [0.2, 0.25) is 0 Å². The Hall–Kier alpha value is -0.900. The molecule has 0 aliphatic heterocycles. The van der Waals surface area contributed by atoms with Crippen molar-refractivity contribution in [2.45, 2.75) is 116 Å². The predicted octanol–water partition coefficient (Wildman–Crippen LogP) is 5.49. The molecule has 0 saturated carbocycles. The molecule has 0 bridgehead atoms. The van der Waals surface area contributed by atoms with E-state index >= 15 is 0 Å². The van der Waals surface area contributed by atoms with Crippen molar-refractivity contribution >= 4 is 12.3 Å². The highest BCUT2D eigenvalue weighted by Gasteiger charge is 2.08. The molecule has 0 aromatic heterocycles. The van der Waals surface area contributed by atoms with Gasteiger partial charge in [0.1, 0.15) is 6.29 Å². The maximum atomic E-state index is 10.8. The van der Waals surface area contributed by atoms with Gasteiger partial charge in [-0.15, -0.1) is 0 Å². The van der Waals surface area contributed by atoms with E-state index in [1.54, 1.807) is 0 Å². The lowest BCUT2D eigenvalue weighted by Gasteiger charge is -2.11. The van der Waals surface area contributed by atoms with Gasteiger partial charge in [0.25, 0.3) is 0 Å². The van der Waals surface area contributed by atoms with Crippen molar-refractivity contribution in [3.05, 3.63) is 0 Å². The molecule has 1 atom stereocenters. The first-order chi connectivity index (χ1) is 12.2. The number of carbonyl (C=O) groups excluding carboxylic acids is 1. The number of hydrogen-bond acceptors (Lipinski definition) is 3. The zero-order valence-corrected chi connectivity index (χ0v) is 16.4. The van der Waals surface area contributed by atoms with Gasteiger partial charge in [0.15, 0.2) is 0 Å². The lowest BCUT2D eigenvalue weighted by molar-refractivity contribution is -0.137. The molecule has 0 fully saturated rings. The number of aldehydes is 1. The Morgan fingerprint density at radius 2 is 1.28 bits per heavy atom. The van der Waals surface area contributed by atoms with Crippen molar-refractivity contribution < 1.29 is 14.7 Å². The summed E-state index contributed by atoms with van der Waals surface area (Å²) in [6, 6.07) is -0.307. The van der Waals surface area contributed by atoms with Crippen LogP contribution < -0.4 is 5.32 Å². The van der Waals surface area contributed by atoms with Crippen LogP contribution in [0.5, 0.6) is 0 Å². The van der Waals surface area contributed by atoms with Crippen LogP contribution in [0.15, 0.2) is 0 Å². The molecule has 25 heavy (non-hydrogen) atoms. The Morgan fingerprint density at radius 1 is 0.840 bits per heavy atom. The molecule has 0 aromatic carbocycles. The molecule has 0 radical (unpaired) electrons. The number of carboxylic acid groups (broad SMARTS) is 1. The second-order valence-corrected chi connectivity index (χ2v) is 7.23. The van der Waals surface area contributed by atoms with Gasteiger partial charge in [0, 0.05) is 6.42 Å². The highest BCUT2D eigenvalue weighted by Crippen LogP contribution is 2.12. The number of aliphatic carboxylic acids is 1. The molecule has 4 heteroatoms. The molecule has 1 unspecified atom stereocenters. The van der Waals surface area contributed by atoms with Crippen LogP contribution in [0, 0.1) is 0 Å². The van der Waals surface area contributed by atoms with Crippen molar-refractivity contribution in [3.63, 3.8) is 0 Å². The van der Waals surface area contributed by atoms with Gasteiger partial charge in [-0.05, 0) is 19.4 Å². The topological polar surface area (TPSA) is 66.4 Å². The first-order valence-electron chi connectivity index (χ1n) is 10.6. The maximum Gasteiger partial charge on any atom is 0.303 e.